The van der Waals surface area contributed by atoms with Crippen LogP contribution in [0, 0.1) is 0 Å². The van der Waals surface area contributed by atoms with Gasteiger partial charge in [0.15, 0.2) is 0 Å². The van der Waals surface area contributed by atoms with Crippen LogP contribution in [-0.4, -0.2) is 42.7 Å². The molecular weight excluding hydrogens is 310 g/mol. The van der Waals surface area contributed by atoms with Gasteiger partial charge in [0.2, 0.25) is 5.79 Å². The molecule has 0 aromatic heterocycles. The highest BCUT2D eigenvalue weighted by Crippen LogP contribution is 2.41. The number of nitrogens with zero attached hydrogens (tertiary/aromatic N) is 1. The molecule has 0 saturated carbocycles. The van der Waals surface area contributed by atoms with Gasteiger partial charge >= 0.3 is 6.09 Å². The first-order valence-corrected chi connectivity index (χ1v) is 8.06. The highest BCUT2D eigenvalue weighted by molar-refractivity contribution is 5.89. The Bertz CT molecular complexity index is 643. The van der Waals surface area contributed by atoms with Crippen molar-refractivity contribution in [2.45, 2.75) is 38.3 Å². The molecule has 1 amide bonds. The van der Waals surface area contributed by atoms with Crippen molar-refractivity contribution in [1.29, 1.82) is 0 Å². The second kappa shape index (κ2) is 6.20. The maximum Gasteiger partial charge on any atom is 0.415 e. The lowest BCUT2D eigenvalue weighted by atomic mass is 9.95. The molecule has 2 aliphatic heterocycles. The smallest absolute Gasteiger partial charge is 0.415 e. The zero-order valence-corrected chi connectivity index (χ0v) is 14.2. The first-order chi connectivity index (χ1) is 11.3. The molecule has 2 heterocycles. The molecule has 2 aliphatic rings. The lowest BCUT2D eigenvalue weighted by molar-refractivity contribution is -0.215. The summed E-state index contributed by atoms with van der Waals surface area (Å²) in [7, 11) is 0. The lowest BCUT2D eigenvalue weighted by Crippen LogP contribution is -2.45. The fourth-order valence-corrected chi connectivity index (χ4v) is 2.93. The molecule has 0 radical (unpaired) electrons. The Morgan fingerprint density at radius 3 is 2.62 bits per heavy atom. The summed E-state index contributed by atoms with van der Waals surface area (Å²) in [6.07, 6.45) is 1.90. The number of carbonyl (C=O) groups is 1. The molecule has 1 aromatic rings. The summed E-state index contributed by atoms with van der Waals surface area (Å²) in [4.78, 5) is 14.2. The number of carbonyl (C=O) groups excluding carboxylic acids is 1. The zero-order chi connectivity index (χ0) is 17.4. The number of benzene rings is 1. The third-order valence-corrected chi connectivity index (χ3v) is 3.90. The SMILES string of the molecule is CC(C)(C)OC(=O)N1C/C=C\[C@H](O)C2(OCCO2)c2ccccc21. The number of hydrogen-bond donors (Lipinski definition) is 1. The number of aliphatic hydroxyl groups is 1. The summed E-state index contributed by atoms with van der Waals surface area (Å²) >= 11 is 0. The Morgan fingerprint density at radius 1 is 1.29 bits per heavy atom. The summed E-state index contributed by atoms with van der Waals surface area (Å²) in [5.74, 6) is -1.30. The molecule has 0 aliphatic carbocycles. The Morgan fingerprint density at radius 2 is 1.96 bits per heavy atom. The van der Waals surface area contributed by atoms with Gasteiger partial charge in [-0.3, -0.25) is 4.90 Å². The van der Waals surface area contributed by atoms with E-state index in [9.17, 15) is 9.90 Å². The van der Waals surface area contributed by atoms with E-state index >= 15 is 0 Å². The zero-order valence-electron chi connectivity index (χ0n) is 14.2. The minimum absolute atomic E-state index is 0.291. The third kappa shape index (κ3) is 3.05. The van der Waals surface area contributed by atoms with Crippen LogP contribution in [-0.2, 0) is 20.0 Å². The van der Waals surface area contributed by atoms with Crippen molar-refractivity contribution in [3.05, 3.63) is 42.0 Å². The predicted octanol–water partition coefficient (Wildman–Crippen LogP) is 2.56. The van der Waals surface area contributed by atoms with Gasteiger partial charge in [-0.1, -0.05) is 30.4 Å². The summed E-state index contributed by atoms with van der Waals surface area (Å²) in [5.41, 5.74) is 0.623. The summed E-state index contributed by atoms with van der Waals surface area (Å²) < 4.78 is 17.1. The predicted molar refractivity (Wildman–Crippen MR) is 88.8 cm³/mol. The van der Waals surface area contributed by atoms with Crippen LogP contribution in [0.1, 0.15) is 26.3 Å². The van der Waals surface area contributed by atoms with Crippen LogP contribution in [0.2, 0.25) is 0 Å². The van der Waals surface area contributed by atoms with Gasteiger partial charge in [0, 0.05) is 12.1 Å². The Kier molecular flexibility index (Phi) is 4.38. The highest BCUT2D eigenvalue weighted by Gasteiger charge is 2.47. The molecular formula is C18H23NO5. The second-order valence-corrected chi connectivity index (χ2v) is 6.85. The molecule has 1 aromatic carbocycles. The molecule has 0 unspecified atom stereocenters. The number of rotatable bonds is 0. The average molecular weight is 333 g/mol. The van der Waals surface area contributed by atoms with E-state index in [1.165, 1.54) is 4.90 Å². The molecule has 1 fully saturated rings. The van der Waals surface area contributed by atoms with Crippen LogP contribution < -0.4 is 4.90 Å². The average Bonchev–Trinajstić information content (AvgIpc) is 2.99. The number of fused-ring (bicyclic) bond motifs is 2. The number of amides is 1. The fraction of sp³-hybridized carbons (Fsp3) is 0.500. The topological polar surface area (TPSA) is 68.2 Å². The quantitative estimate of drug-likeness (QED) is 0.739. The lowest BCUT2D eigenvalue weighted by Gasteiger charge is -2.37. The van der Waals surface area contributed by atoms with Gasteiger partial charge < -0.3 is 19.3 Å². The third-order valence-electron chi connectivity index (χ3n) is 3.90. The maximum absolute atomic E-state index is 12.7. The van der Waals surface area contributed by atoms with E-state index in [1.807, 2.05) is 32.9 Å². The molecule has 6 heteroatoms. The standard InChI is InChI=1S/C18H23NO5/c1-17(2,3)24-16(21)19-10-6-9-15(20)18(22-11-12-23-18)13-7-4-5-8-14(13)19/h4-9,15,20H,10-12H2,1-3H3/b9-6-/t15-/m0/s1. The van der Waals surface area contributed by atoms with Gasteiger partial charge in [0.25, 0.3) is 0 Å². The van der Waals surface area contributed by atoms with E-state index in [0.717, 1.165) is 0 Å². The van der Waals surface area contributed by atoms with E-state index in [2.05, 4.69) is 0 Å². The minimum Gasteiger partial charge on any atom is -0.443 e. The molecule has 24 heavy (non-hydrogen) atoms. The number of anilines is 1. The van der Waals surface area contributed by atoms with E-state index in [0.29, 0.717) is 31.0 Å². The molecule has 1 N–H and O–H groups in total. The van der Waals surface area contributed by atoms with Crippen molar-refractivity contribution in [2.24, 2.45) is 0 Å². The van der Waals surface area contributed by atoms with Crippen LogP contribution in [0.4, 0.5) is 10.5 Å². The van der Waals surface area contributed by atoms with Crippen molar-refractivity contribution in [2.75, 3.05) is 24.7 Å². The molecule has 1 spiro atoms. The van der Waals surface area contributed by atoms with Gasteiger partial charge in [0.05, 0.1) is 18.9 Å². The van der Waals surface area contributed by atoms with Gasteiger partial charge in [0.1, 0.15) is 11.7 Å². The van der Waals surface area contributed by atoms with Crippen LogP contribution in [0.5, 0.6) is 0 Å². The van der Waals surface area contributed by atoms with Gasteiger partial charge in [-0.05, 0) is 26.8 Å². The van der Waals surface area contributed by atoms with Crippen LogP contribution >= 0.6 is 0 Å². The largest absolute Gasteiger partial charge is 0.443 e. The molecule has 6 nitrogen and oxygen atoms in total. The van der Waals surface area contributed by atoms with Crippen LogP contribution in [0.25, 0.3) is 0 Å². The number of hydrogen-bond acceptors (Lipinski definition) is 5. The Labute approximate surface area is 141 Å². The first-order valence-electron chi connectivity index (χ1n) is 8.06. The second-order valence-electron chi connectivity index (χ2n) is 6.85. The monoisotopic (exact) mass is 333 g/mol. The van der Waals surface area contributed by atoms with Crippen LogP contribution in [0.3, 0.4) is 0 Å². The van der Waals surface area contributed by atoms with E-state index < -0.39 is 23.6 Å². The van der Waals surface area contributed by atoms with Crippen molar-refractivity contribution in [1.82, 2.24) is 0 Å². The molecule has 0 bridgehead atoms. The van der Waals surface area contributed by atoms with Gasteiger partial charge in [-0.15, -0.1) is 0 Å². The Hall–Kier alpha value is -1.89. The number of aliphatic hydroxyl groups excluding tert-OH is 1. The molecule has 130 valence electrons. The van der Waals surface area contributed by atoms with Crippen molar-refractivity contribution in [3.8, 4) is 0 Å². The fourth-order valence-electron chi connectivity index (χ4n) is 2.93. The van der Waals surface area contributed by atoms with Gasteiger partial charge in [-0.25, -0.2) is 4.79 Å². The van der Waals surface area contributed by atoms with Crippen molar-refractivity contribution in [3.63, 3.8) is 0 Å². The number of para-hydroxylation sites is 1. The highest BCUT2D eigenvalue weighted by atomic mass is 16.7. The van der Waals surface area contributed by atoms with Gasteiger partial charge in [-0.2, -0.15) is 0 Å². The molecule has 1 atom stereocenters. The summed E-state index contributed by atoms with van der Waals surface area (Å²) in [6.45, 7) is 6.53. The maximum atomic E-state index is 12.7. The normalized spacial score (nSPS) is 24.2. The minimum atomic E-state index is -1.30. The van der Waals surface area contributed by atoms with Crippen molar-refractivity contribution >= 4 is 11.8 Å². The van der Waals surface area contributed by atoms with E-state index in [4.69, 9.17) is 14.2 Å². The van der Waals surface area contributed by atoms with E-state index in [1.54, 1.807) is 24.3 Å². The molecule has 3 rings (SSSR count). The van der Waals surface area contributed by atoms with Crippen molar-refractivity contribution < 1.29 is 24.1 Å². The number of ether oxygens (including phenoxy) is 3. The summed E-state index contributed by atoms with van der Waals surface area (Å²) in [6, 6.07) is 7.27. The first kappa shape index (κ1) is 17.0. The van der Waals surface area contributed by atoms with Crippen LogP contribution in [0.15, 0.2) is 36.4 Å². The Balaban J connectivity index is 2.06. The molecule has 1 saturated heterocycles. The summed E-state index contributed by atoms with van der Waals surface area (Å²) in [5, 5.41) is 10.6. The van der Waals surface area contributed by atoms with E-state index in [-0.39, 0.29) is 0 Å².